The van der Waals surface area contributed by atoms with Gasteiger partial charge in [-0.3, -0.25) is 4.79 Å². The molecule has 10 heteroatoms. The Balaban J connectivity index is 1.41. The Hall–Kier alpha value is -4.31. The first-order valence-corrected chi connectivity index (χ1v) is 15.5. The van der Waals surface area contributed by atoms with E-state index in [0.29, 0.717) is 17.9 Å². The number of aliphatic hydroxyl groups is 1. The number of amides is 5. The van der Waals surface area contributed by atoms with Crippen LogP contribution in [-0.2, 0) is 0 Å². The second-order valence-electron chi connectivity index (χ2n) is 12.1. The SMILES string of the molecule is C[C@H]1CN([C@@H](C)CO)C(=O)c2cccc(NC(=O)Nc3cccc4ccccc34)c2O[C@H]1CN(C)C(=O)NC1CCCCC1. The van der Waals surface area contributed by atoms with Crippen molar-refractivity contribution >= 4 is 40.1 Å². The van der Waals surface area contributed by atoms with Crippen LogP contribution >= 0.6 is 0 Å². The molecule has 1 aliphatic carbocycles. The van der Waals surface area contributed by atoms with Crippen molar-refractivity contribution in [2.75, 3.05) is 37.4 Å². The summed E-state index contributed by atoms with van der Waals surface area (Å²) in [6, 6.07) is 17.6. The lowest BCUT2D eigenvalue weighted by atomic mass is 9.96. The third-order valence-electron chi connectivity index (χ3n) is 8.71. The molecule has 0 unspecified atom stereocenters. The van der Waals surface area contributed by atoms with Crippen molar-refractivity contribution in [1.82, 2.24) is 15.1 Å². The number of para-hydroxylation sites is 1. The Labute approximate surface area is 258 Å². The van der Waals surface area contributed by atoms with Crippen molar-refractivity contribution in [2.24, 2.45) is 5.92 Å². The predicted molar refractivity (Wildman–Crippen MR) is 172 cm³/mol. The van der Waals surface area contributed by atoms with Crippen LogP contribution in [0.15, 0.2) is 60.7 Å². The largest absolute Gasteiger partial charge is 0.485 e. The van der Waals surface area contributed by atoms with Gasteiger partial charge in [0.15, 0.2) is 5.75 Å². The highest BCUT2D eigenvalue weighted by molar-refractivity contribution is 6.08. The number of nitrogens with zero attached hydrogens (tertiary/aromatic N) is 2. The van der Waals surface area contributed by atoms with E-state index in [-0.39, 0.29) is 48.4 Å². The van der Waals surface area contributed by atoms with E-state index in [1.54, 1.807) is 42.0 Å². The summed E-state index contributed by atoms with van der Waals surface area (Å²) >= 11 is 0. The van der Waals surface area contributed by atoms with E-state index in [1.165, 1.54) is 6.42 Å². The van der Waals surface area contributed by atoms with E-state index in [2.05, 4.69) is 16.0 Å². The van der Waals surface area contributed by atoms with Gasteiger partial charge in [0.2, 0.25) is 0 Å². The quantitative estimate of drug-likeness (QED) is 0.278. The maximum atomic E-state index is 13.8. The Bertz CT molecular complexity index is 1480. The number of rotatable bonds is 7. The Kier molecular flexibility index (Phi) is 9.89. The Morgan fingerprint density at radius 2 is 1.68 bits per heavy atom. The number of anilines is 2. The van der Waals surface area contributed by atoms with Gasteiger partial charge in [-0.2, -0.15) is 0 Å². The van der Waals surface area contributed by atoms with Gasteiger partial charge in [0.05, 0.1) is 36.1 Å². The fourth-order valence-electron chi connectivity index (χ4n) is 6.05. The summed E-state index contributed by atoms with van der Waals surface area (Å²) in [6.45, 7) is 4.17. The number of nitrogens with one attached hydrogen (secondary N) is 3. The third kappa shape index (κ3) is 7.07. The van der Waals surface area contributed by atoms with E-state index < -0.39 is 18.2 Å². The highest BCUT2D eigenvalue weighted by Crippen LogP contribution is 2.35. The minimum atomic E-state index is -0.499. The second kappa shape index (κ2) is 14.0. The third-order valence-corrected chi connectivity index (χ3v) is 8.71. The number of ether oxygens (including phenoxy) is 1. The van der Waals surface area contributed by atoms with Crippen LogP contribution in [0.25, 0.3) is 10.8 Å². The van der Waals surface area contributed by atoms with Gasteiger partial charge in [-0.25, -0.2) is 9.59 Å². The molecule has 2 aliphatic rings. The predicted octanol–water partition coefficient (Wildman–Crippen LogP) is 5.68. The summed E-state index contributed by atoms with van der Waals surface area (Å²) in [7, 11) is 1.75. The molecule has 0 spiro atoms. The summed E-state index contributed by atoms with van der Waals surface area (Å²) in [6.07, 6.45) is 4.90. The summed E-state index contributed by atoms with van der Waals surface area (Å²) in [5.41, 5.74) is 1.26. The van der Waals surface area contributed by atoms with Gasteiger partial charge in [-0.1, -0.05) is 68.7 Å². The lowest BCUT2D eigenvalue weighted by Crippen LogP contribution is -2.52. The normalized spacial score (nSPS) is 19.6. The molecule has 1 saturated carbocycles. The van der Waals surface area contributed by atoms with E-state index >= 15 is 0 Å². The van der Waals surface area contributed by atoms with Crippen molar-refractivity contribution in [3.8, 4) is 5.75 Å². The molecular formula is C34H43N5O5. The smallest absolute Gasteiger partial charge is 0.323 e. The number of carbonyl (C=O) groups excluding carboxylic acids is 3. The highest BCUT2D eigenvalue weighted by Gasteiger charge is 2.35. The first-order valence-electron chi connectivity index (χ1n) is 15.5. The molecule has 3 aromatic rings. The highest BCUT2D eigenvalue weighted by atomic mass is 16.5. The van der Waals surface area contributed by atoms with Crippen molar-refractivity contribution < 1.29 is 24.2 Å². The zero-order chi connectivity index (χ0) is 31.2. The zero-order valence-corrected chi connectivity index (χ0v) is 25.7. The summed E-state index contributed by atoms with van der Waals surface area (Å²) < 4.78 is 6.57. The average molecular weight is 602 g/mol. The van der Waals surface area contributed by atoms with Crippen molar-refractivity contribution in [1.29, 1.82) is 0 Å². The molecule has 44 heavy (non-hydrogen) atoms. The van der Waals surface area contributed by atoms with E-state index in [4.69, 9.17) is 4.74 Å². The molecule has 0 aromatic heterocycles. The molecule has 4 N–H and O–H groups in total. The molecule has 234 valence electrons. The fraction of sp³-hybridized carbons (Fsp3) is 0.441. The molecule has 1 aliphatic heterocycles. The van der Waals surface area contributed by atoms with Crippen LogP contribution in [0.5, 0.6) is 5.75 Å². The topological polar surface area (TPSA) is 123 Å². The maximum Gasteiger partial charge on any atom is 0.323 e. The van der Waals surface area contributed by atoms with Gasteiger partial charge in [0.25, 0.3) is 5.91 Å². The molecular weight excluding hydrogens is 558 g/mol. The van der Waals surface area contributed by atoms with Crippen LogP contribution in [0.2, 0.25) is 0 Å². The molecule has 0 bridgehead atoms. The van der Waals surface area contributed by atoms with Gasteiger partial charge in [0, 0.05) is 30.9 Å². The van der Waals surface area contributed by atoms with E-state index in [1.807, 2.05) is 49.4 Å². The molecule has 5 amide bonds. The van der Waals surface area contributed by atoms with Crippen molar-refractivity contribution in [3.05, 3.63) is 66.2 Å². The summed E-state index contributed by atoms with van der Waals surface area (Å²) in [4.78, 5) is 43.5. The molecule has 10 nitrogen and oxygen atoms in total. The molecule has 3 aromatic carbocycles. The number of carbonyl (C=O) groups is 3. The number of fused-ring (bicyclic) bond motifs is 2. The standard InChI is InChI=1S/C34H43N5O5/c1-22-19-39(23(2)21-40)32(41)27-16-10-18-29(37-33(42)36-28-17-9-12-24-11-7-8-15-26(24)28)31(27)44-30(22)20-38(3)34(43)35-25-13-5-4-6-14-25/h7-12,15-18,22-23,25,30,40H,4-6,13-14,19-21H2,1-3H3,(H,35,43)(H2,36,37,42)/t22-,23-,30-/m0/s1. The number of likely N-dealkylation sites (N-methyl/N-ethyl adjacent to an activating group) is 1. The van der Waals surface area contributed by atoms with Gasteiger partial charge in [-0.15, -0.1) is 0 Å². The number of hydrogen-bond donors (Lipinski definition) is 4. The molecule has 1 heterocycles. The molecule has 0 radical (unpaired) electrons. The van der Waals surface area contributed by atoms with Gasteiger partial charge in [-0.05, 0) is 43.4 Å². The number of benzene rings is 3. The van der Waals surface area contributed by atoms with Crippen LogP contribution in [0.3, 0.4) is 0 Å². The lowest BCUT2D eigenvalue weighted by Gasteiger charge is -2.38. The zero-order valence-electron chi connectivity index (χ0n) is 25.7. The average Bonchev–Trinajstić information content (AvgIpc) is 3.03. The van der Waals surface area contributed by atoms with Crippen LogP contribution in [-0.4, -0.2) is 77.8 Å². The van der Waals surface area contributed by atoms with Gasteiger partial charge >= 0.3 is 12.1 Å². The van der Waals surface area contributed by atoms with E-state index in [9.17, 15) is 19.5 Å². The van der Waals surface area contributed by atoms with Gasteiger partial charge in [0.1, 0.15) is 6.10 Å². The Morgan fingerprint density at radius 1 is 1.00 bits per heavy atom. The maximum absolute atomic E-state index is 13.8. The second-order valence-corrected chi connectivity index (χ2v) is 12.1. The minimum Gasteiger partial charge on any atom is -0.485 e. The van der Waals surface area contributed by atoms with Crippen LogP contribution in [0, 0.1) is 5.92 Å². The molecule has 1 fully saturated rings. The molecule has 5 rings (SSSR count). The van der Waals surface area contributed by atoms with Crippen molar-refractivity contribution in [3.63, 3.8) is 0 Å². The van der Waals surface area contributed by atoms with Crippen LogP contribution in [0.1, 0.15) is 56.3 Å². The Morgan fingerprint density at radius 3 is 2.45 bits per heavy atom. The summed E-state index contributed by atoms with van der Waals surface area (Å²) in [5, 5.41) is 20.8. The van der Waals surface area contributed by atoms with E-state index in [0.717, 1.165) is 36.5 Å². The number of aliphatic hydroxyl groups excluding tert-OH is 1. The lowest BCUT2D eigenvalue weighted by molar-refractivity contribution is 0.0368. The first-order chi connectivity index (χ1) is 21.2. The molecule has 3 atom stereocenters. The number of hydrogen-bond acceptors (Lipinski definition) is 5. The van der Waals surface area contributed by atoms with Crippen molar-refractivity contribution in [2.45, 2.75) is 64.1 Å². The minimum absolute atomic E-state index is 0.160. The fourth-order valence-corrected chi connectivity index (χ4v) is 6.05. The van der Waals surface area contributed by atoms with Gasteiger partial charge < -0.3 is 35.6 Å². The molecule has 0 saturated heterocycles. The first kappa shape index (κ1) is 31.1. The van der Waals surface area contributed by atoms with Crippen LogP contribution < -0.4 is 20.7 Å². The summed E-state index contributed by atoms with van der Waals surface area (Å²) in [5.74, 6) is -0.254. The monoisotopic (exact) mass is 601 g/mol. The van der Waals surface area contributed by atoms with Crippen LogP contribution in [0.4, 0.5) is 21.0 Å². The number of urea groups is 2.